The monoisotopic (exact) mass is 1510 g/mol. The predicted octanol–water partition coefficient (Wildman–Crippen LogP) is 24.3. The Morgan fingerprint density at radius 3 is 0.788 bits per heavy atom. The van der Waals surface area contributed by atoms with Crippen LogP contribution in [0.25, 0.3) is 0 Å². The molecule has 0 aromatic carbocycles. The summed E-state index contributed by atoms with van der Waals surface area (Å²) in [4.78, 5) is 73.1. The van der Waals surface area contributed by atoms with Crippen LogP contribution in [0.3, 0.4) is 0 Å². The van der Waals surface area contributed by atoms with Gasteiger partial charge in [0.1, 0.15) is 19.3 Å². The molecule has 19 heteroatoms. The zero-order valence-electron chi connectivity index (χ0n) is 65.9. The zero-order valence-corrected chi connectivity index (χ0v) is 67.7. The number of aliphatic hydroxyl groups is 1. The lowest BCUT2D eigenvalue weighted by atomic mass is 10.0. The largest absolute Gasteiger partial charge is 0.472 e. The van der Waals surface area contributed by atoms with Crippen molar-refractivity contribution >= 4 is 39.5 Å². The summed E-state index contributed by atoms with van der Waals surface area (Å²) >= 11 is 0. The highest BCUT2D eigenvalue weighted by Gasteiger charge is 2.30. The van der Waals surface area contributed by atoms with Crippen molar-refractivity contribution < 1.29 is 80.2 Å². The maximum Gasteiger partial charge on any atom is 0.472 e. The van der Waals surface area contributed by atoms with E-state index in [4.69, 9.17) is 37.0 Å². The molecule has 0 radical (unpaired) electrons. The molecule has 0 aromatic heterocycles. The fraction of sp³-hybridized carbons (Fsp3) is 0.765. The number of ether oxygens (including phenoxy) is 4. The Morgan fingerprint density at radius 2 is 0.500 bits per heavy atom. The van der Waals surface area contributed by atoms with E-state index in [2.05, 4.69) is 125 Å². The molecule has 17 nitrogen and oxygen atoms in total. The van der Waals surface area contributed by atoms with Crippen molar-refractivity contribution in [2.75, 3.05) is 39.6 Å². The molecule has 0 saturated carbocycles. The highest BCUT2D eigenvalue weighted by molar-refractivity contribution is 7.47. The molecule has 0 saturated heterocycles. The molecule has 104 heavy (non-hydrogen) atoms. The molecular weight excluding hydrogens is 1350 g/mol. The molecule has 0 aliphatic heterocycles. The Bertz CT molecular complexity index is 2350. The van der Waals surface area contributed by atoms with Gasteiger partial charge in [-0.05, 0) is 128 Å². The van der Waals surface area contributed by atoms with Gasteiger partial charge in [0, 0.05) is 25.7 Å². The maximum absolute atomic E-state index is 13.1. The van der Waals surface area contributed by atoms with Crippen LogP contribution in [0.4, 0.5) is 0 Å². The van der Waals surface area contributed by atoms with E-state index in [-0.39, 0.29) is 25.7 Å². The molecule has 0 rings (SSSR count). The van der Waals surface area contributed by atoms with Crippen molar-refractivity contribution in [2.45, 2.75) is 380 Å². The summed E-state index contributed by atoms with van der Waals surface area (Å²) in [6.07, 6.45) is 82.2. The second kappa shape index (κ2) is 77.1. The number of esters is 4. The summed E-state index contributed by atoms with van der Waals surface area (Å²) in [5.41, 5.74) is 0. The molecule has 0 aliphatic carbocycles. The van der Waals surface area contributed by atoms with E-state index in [9.17, 15) is 43.2 Å². The van der Waals surface area contributed by atoms with Crippen molar-refractivity contribution in [2.24, 2.45) is 0 Å². The fourth-order valence-electron chi connectivity index (χ4n) is 11.2. The van der Waals surface area contributed by atoms with Crippen LogP contribution in [-0.2, 0) is 65.4 Å². The number of carbonyl (C=O) groups excluding carboxylic acids is 4. The van der Waals surface area contributed by atoms with Crippen LogP contribution in [0.15, 0.2) is 97.2 Å². The molecular formula is C85H150O17P2. The van der Waals surface area contributed by atoms with Gasteiger partial charge in [-0.2, -0.15) is 0 Å². The first-order chi connectivity index (χ1) is 50.7. The minimum Gasteiger partial charge on any atom is -0.462 e. The lowest BCUT2D eigenvalue weighted by Gasteiger charge is -2.21. The molecule has 602 valence electrons. The van der Waals surface area contributed by atoms with Crippen LogP contribution in [0.5, 0.6) is 0 Å². The average molecular weight is 1510 g/mol. The number of phosphoric acid groups is 2. The van der Waals surface area contributed by atoms with Gasteiger partial charge in [0.25, 0.3) is 0 Å². The van der Waals surface area contributed by atoms with Gasteiger partial charge >= 0.3 is 39.5 Å². The van der Waals surface area contributed by atoms with Crippen molar-refractivity contribution in [1.82, 2.24) is 0 Å². The number of hydrogen-bond donors (Lipinski definition) is 3. The summed E-state index contributed by atoms with van der Waals surface area (Å²) in [7, 11) is -9.96. The molecule has 0 aliphatic rings. The van der Waals surface area contributed by atoms with Crippen molar-refractivity contribution in [1.29, 1.82) is 0 Å². The molecule has 0 fully saturated rings. The van der Waals surface area contributed by atoms with E-state index >= 15 is 0 Å². The minimum atomic E-state index is -4.98. The van der Waals surface area contributed by atoms with Gasteiger partial charge in [-0.25, -0.2) is 9.13 Å². The second-order valence-corrected chi connectivity index (χ2v) is 30.6. The molecule has 0 spiro atoms. The van der Waals surface area contributed by atoms with Crippen molar-refractivity contribution in [3.05, 3.63) is 97.2 Å². The first-order valence-corrected chi connectivity index (χ1v) is 44.5. The fourth-order valence-corrected chi connectivity index (χ4v) is 12.8. The number of rotatable bonds is 78. The summed E-state index contributed by atoms with van der Waals surface area (Å²) < 4.78 is 68.7. The summed E-state index contributed by atoms with van der Waals surface area (Å²) in [5, 5.41) is 10.7. The van der Waals surface area contributed by atoms with Crippen LogP contribution in [0.2, 0.25) is 0 Å². The summed E-state index contributed by atoms with van der Waals surface area (Å²) in [5.74, 6) is -2.20. The van der Waals surface area contributed by atoms with Crippen molar-refractivity contribution in [3.63, 3.8) is 0 Å². The topological polar surface area (TPSA) is 237 Å². The van der Waals surface area contributed by atoms with Crippen molar-refractivity contribution in [3.8, 4) is 0 Å². The first kappa shape index (κ1) is 100.0. The molecule has 5 atom stereocenters. The Balaban J connectivity index is 5.37. The first-order valence-electron chi connectivity index (χ1n) is 41.5. The number of allylic oxidation sites excluding steroid dienone is 16. The highest BCUT2D eigenvalue weighted by Crippen LogP contribution is 2.45. The van der Waals surface area contributed by atoms with Gasteiger partial charge in [0.05, 0.1) is 26.4 Å². The number of aliphatic hydroxyl groups excluding tert-OH is 1. The smallest absolute Gasteiger partial charge is 0.462 e. The molecule has 0 heterocycles. The van der Waals surface area contributed by atoms with Gasteiger partial charge in [0.15, 0.2) is 12.2 Å². The third kappa shape index (κ3) is 76.2. The van der Waals surface area contributed by atoms with Gasteiger partial charge in [-0.15, -0.1) is 0 Å². The third-order valence-corrected chi connectivity index (χ3v) is 19.4. The van der Waals surface area contributed by atoms with Crippen LogP contribution in [0, 0.1) is 0 Å². The molecule has 0 amide bonds. The SMILES string of the molecule is CC/C=C\C/C=C\C/C=C\C/C=C\CCCCCCCCC(=O)OCC(COP(=O)(O)OCC(O)COP(=O)(O)OCC(COC(=O)CCCCCCC/C=C\C/C=C\CCCCC)OC(=O)CCCCCCC/C=C\C/C=C\CCCCC)OC(=O)CCCCCCCCCCCCCCCCC. The number of unbranched alkanes of at least 4 members (excludes halogenated alkanes) is 36. The van der Waals surface area contributed by atoms with Gasteiger partial charge in [0.2, 0.25) is 0 Å². The lowest BCUT2D eigenvalue weighted by Crippen LogP contribution is -2.30. The minimum absolute atomic E-state index is 0.0769. The normalized spacial score (nSPS) is 14.3. The van der Waals surface area contributed by atoms with Gasteiger partial charge in [-0.1, -0.05) is 305 Å². The van der Waals surface area contributed by atoms with E-state index in [0.29, 0.717) is 25.7 Å². The van der Waals surface area contributed by atoms with E-state index in [1.807, 2.05) is 0 Å². The molecule has 0 bridgehead atoms. The quantitative estimate of drug-likeness (QED) is 0.0169. The van der Waals surface area contributed by atoms with Crippen LogP contribution >= 0.6 is 15.6 Å². The van der Waals surface area contributed by atoms with E-state index < -0.39 is 97.5 Å². The number of phosphoric ester groups is 2. The number of carbonyl (C=O) groups is 4. The summed E-state index contributed by atoms with van der Waals surface area (Å²) in [6, 6.07) is 0. The Kier molecular flexibility index (Phi) is 74.2. The maximum atomic E-state index is 13.1. The standard InChI is InChI=1S/C85H150O17P2/c1-5-9-13-17-21-25-29-33-37-38-39-40-44-46-50-54-58-62-66-70-83(88)96-76-81(102-85(90)72-68-64-60-56-52-48-43-36-32-28-24-20-16-12-8-4)78-100-104(93,94)98-74-79(86)73-97-103(91,92)99-77-80(101-84(89)71-67-63-59-55-51-47-42-35-31-27-23-19-15-11-7-3)75-95-82(87)69-65-61-57-53-49-45-41-34-30-26-22-18-14-10-6-2/h9,13,21-23,25-27,33-35,37,39-42,79-81,86H,5-8,10-12,14-20,24,28-32,36,38,43-78H2,1-4H3,(H,91,92)(H,93,94)/b13-9-,25-21-,26-22-,27-23-,37-33-,40-39-,41-34-,42-35-. The van der Waals surface area contributed by atoms with Gasteiger partial charge in [-0.3, -0.25) is 37.3 Å². The molecule has 3 N–H and O–H groups in total. The van der Waals surface area contributed by atoms with E-state index in [1.54, 1.807) is 0 Å². The Labute approximate surface area is 633 Å². The van der Waals surface area contributed by atoms with Crippen LogP contribution in [-0.4, -0.2) is 96.7 Å². The average Bonchev–Trinajstić information content (AvgIpc) is 0.918. The number of hydrogen-bond acceptors (Lipinski definition) is 15. The van der Waals surface area contributed by atoms with E-state index in [1.165, 1.54) is 103 Å². The zero-order chi connectivity index (χ0) is 76.0. The summed E-state index contributed by atoms with van der Waals surface area (Å²) in [6.45, 7) is 4.73. The molecule has 5 unspecified atom stereocenters. The van der Waals surface area contributed by atoms with Crippen LogP contribution < -0.4 is 0 Å². The third-order valence-electron chi connectivity index (χ3n) is 17.5. The Hall–Kier alpha value is -4.02. The highest BCUT2D eigenvalue weighted by atomic mass is 31.2. The Morgan fingerprint density at radius 1 is 0.279 bits per heavy atom. The molecule has 0 aromatic rings. The van der Waals surface area contributed by atoms with Gasteiger partial charge < -0.3 is 33.8 Å². The van der Waals surface area contributed by atoms with E-state index in [0.717, 1.165) is 180 Å². The second-order valence-electron chi connectivity index (χ2n) is 27.7. The van der Waals surface area contributed by atoms with Crippen LogP contribution in [0.1, 0.15) is 362 Å². The predicted molar refractivity (Wildman–Crippen MR) is 427 cm³/mol. The lowest BCUT2D eigenvalue weighted by molar-refractivity contribution is -0.161.